The molecule has 0 atom stereocenters. The second-order valence-electron chi connectivity index (χ2n) is 6.51. The third-order valence-corrected chi connectivity index (χ3v) is 4.93. The van der Waals surface area contributed by atoms with E-state index in [4.69, 9.17) is 9.47 Å². The van der Waals surface area contributed by atoms with E-state index in [0.717, 1.165) is 22.4 Å². The zero-order chi connectivity index (χ0) is 21.3. The number of ether oxygens (including phenoxy) is 2. The van der Waals surface area contributed by atoms with Crippen LogP contribution in [0.25, 0.3) is 0 Å². The molecule has 0 radical (unpaired) electrons. The van der Waals surface area contributed by atoms with Crippen LogP contribution < -0.4 is 14.8 Å². The molecule has 0 aliphatic heterocycles. The summed E-state index contributed by atoms with van der Waals surface area (Å²) >= 11 is 1.13. The summed E-state index contributed by atoms with van der Waals surface area (Å²) in [6.07, 6.45) is 0. The molecule has 0 aromatic heterocycles. The average Bonchev–Trinajstić information content (AvgIpc) is 2.75. The van der Waals surface area contributed by atoms with Crippen molar-refractivity contribution in [1.82, 2.24) is 4.90 Å². The molecular weight excluding hydrogens is 400 g/mol. The lowest BCUT2D eigenvalue weighted by Crippen LogP contribution is -2.20. The highest BCUT2D eigenvalue weighted by Crippen LogP contribution is 2.24. The van der Waals surface area contributed by atoms with Gasteiger partial charge >= 0.3 is 0 Å². The quantitative estimate of drug-likeness (QED) is 0.526. The standard InChI is InChI=1S/C23H22N2O4S/c1-25(2)23(27)30-21-14-8-17(9-15-21)24-22(26)16-28-18-10-12-20(13-11-18)29-19-6-4-3-5-7-19/h3-15H,16H2,1-2H3,(H,24,26). The Morgan fingerprint density at radius 2 is 1.43 bits per heavy atom. The molecule has 2 amide bonds. The number of hydrogen-bond acceptors (Lipinski definition) is 5. The number of nitrogens with zero attached hydrogens (tertiary/aromatic N) is 1. The summed E-state index contributed by atoms with van der Waals surface area (Å²) in [5.41, 5.74) is 0.636. The average molecular weight is 423 g/mol. The van der Waals surface area contributed by atoms with Crippen LogP contribution in [0, 0.1) is 0 Å². The molecule has 6 nitrogen and oxygen atoms in total. The maximum atomic E-state index is 12.1. The van der Waals surface area contributed by atoms with Gasteiger partial charge in [-0.1, -0.05) is 18.2 Å². The summed E-state index contributed by atoms with van der Waals surface area (Å²) in [6, 6.07) is 23.6. The van der Waals surface area contributed by atoms with Crippen LogP contribution in [0.4, 0.5) is 10.5 Å². The predicted molar refractivity (Wildman–Crippen MR) is 118 cm³/mol. The maximum absolute atomic E-state index is 12.1. The molecule has 1 N–H and O–H groups in total. The molecular formula is C23H22N2O4S. The van der Waals surface area contributed by atoms with Gasteiger partial charge in [0.1, 0.15) is 17.2 Å². The van der Waals surface area contributed by atoms with Crippen molar-refractivity contribution in [2.45, 2.75) is 4.90 Å². The van der Waals surface area contributed by atoms with Gasteiger partial charge in [-0.25, -0.2) is 0 Å². The van der Waals surface area contributed by atoms with Crippen molar-refractivity contribution in [1.29, 1.82) is 0 Å². The Labute approximate surface area is 179 Å². The van der Waals surface area contributed by atoms with Gasteiger partial charge in [-0.2, -0.15) is 0 Å². The summed E-state index contributed by atoms with van der Waals surface area (Å²) in [5, 5.41) is 2.71. The Morgan fingerprint density at radius 1 is 0.833 bits per heavy atom. The summed E-state index contributed by atoms with van der Waals surface area (Å²) in [4.78, 5) is 26.1. The van der Waals surface area contributed by atoms with Gasteiger partial charge in [0.15, 0.2) is 6.61 Å². The highest BCUT2D eigenvalue weighted by Gasteiger charge is 2.08. The SMILES string of the molecule is CN(C)C(=O)Sc1ccc(NC(=O)COc2ccc(Oc3ccccc3)cc2)cc1. The van der Waals surface area contributed by atoms with E-state index in [-0.39, 0.29) is 17.8 Å². The number of carbonyl (C=O) groups is 2. The summed E-state index contributed by atoms with van der Waals surface area (Å²) in [6.45, 7) is -0.117. The summed E-state index contributed by atoms with van der Waals surface area (Å²) in [5.74, 6) is 1.73. The van der Waals surface area contributed by atoms with Crippen molar-refractivity contribution in [2.75, 3.05) is 26.0 Å². The molecule has 0 unspecified atom stereocenters. The monoisotopic (exact) mass is 422 g/mol. The van der Waals surface area contributed by atoms with Crippen LogP contribution in [0.1, 0.15) is 0 Å². The lowest BCUT2D eigenvalue weighted by Gasteiger charge is -2.10. The van der Waals surface area contributed by atoms with E-state index in [9.17, 15) is 9.59 Å². The van der Waals surface area contributed by atoms with Crippen molar-refractivity contribution < 1.29 is 19.1 Å². The Hall–Kier alpha value is -3.45. The van der Waals surface area contributed by atoms with E-state index in [2.05, 4.69) is 5.32 Å². The molecule has 0 aliphatic rings. The number of benzene rings is 3. The van der Waals surface area contributed by atoms with Crippen LogP contribution in [-0.4, -0.2) is 36.7 Å². The number of amides is 2. The van der Waals surface area contributed by atoms with E-state index in [0.29, 0.717) is 17.2 Å². The number of carbonyl (C=O) groups excluding carboxylic acids is 2. The van der Waals surface area contributed by atoms with Gasteiger partial charge < -0.3 is 19.7 Å². The van der Waals surface area contributed by atoms with Gasteiger partial charge in [-0.3, -0.25) is 9.59 Å². The maximum Gasteiger partial charge on any atom is 0.285 e. The number of nitrogens with one attached hydrogen (secondary N) is 1. The van der Waals surface area contributed by atoms with E-state index >= 15 is 0 Å². The number of para-hydroxylation sites is 1. The second-order valence-corrected chi connectivity index (χ2v) is 7.53. The van der Waals surface area contributed by atoms with E-state index < -0.39 is 0 Å². The van der Waals surface area contributed by atoms with Gasteiger partial charge in [0.05, 0.1) is 0 Å². The normalized spacial score (nSPS) is 10.2. The molecule has 3 aromatic carbocycles. The minimum absolute atomic E-state index is 0.0552. The molecule has 0 heterocycles. The summed E-state index contributed by atoms with van der Waals surface area (Å²) in [7, 11) is 3.40. The number of rotatable bonds is 7. The van der Waals surface area contributed by atoms with Crippen molar-refractivity contribution in [3.8, 4) is 17.2 Å². The molecule has 30 heavy (non-hydrogen) atoms. The molecule has 154 valence electrons. The van der Waals surface area contributed by atoms with E-state index in [1.54, 1.807) is 62.6 Å². The van der Waals surface area contributed by atoms with Crippen molar-refractivity contribution in [2.24, 2.45) is 0 Å². The van der Waals surface area contributed by atoms with Crippen LogP contribution in [0.3, 0.4) is 0 Å². The minimum atomic E-state index is -0.274. The first-order valence-electron chi connectivity index (χ1n) is 9.24. The van der Waals surface area contributed by atoms with Gasteiger partial charge in [-0.15, -0.1) is 0 Å². The Morgan fingerprint density at radius 3 is 2.07 bits per heavy atom. The molecule has 0 saturated heterocycles. The Bertz CT molecular complexity index is 974. The molecule has 3 aromatic rings. The van der Waals surface area contributed by atoms with Crippen molar-refractivity contribution in [3.05, 3.63) is 78.9 Å². The topological polar surface area (TPSA) is 67.9 Å². The molecule has 0 spiro atoms. The number of hydrogen-bond donors (Lipinski definition) is 1. The van der Waals surface area contributed by atoms with Gasteiger partial charge in [0, 0.05) is 24.7 Å². The van der Waals surface area contributed by atoms with Crippen molar-refractivity contribution in [3.63, 3.8) is 0 Å². The van der Waals surface area contributed by atoms with Crippen LogP contribution in [-0.2, 0) is 4.79 Å². The Kier molecular flexibility index (Phi) is 7.34. The molecule has 0 saturated carbocycles. The fourth-order valence-electron chi connectivity index (χ4n) is 2.37. The number of thioether (sulfide) groups is 1. The number of anilines is 1. The van der Waals surface area contributed by atoms with Crippen LogP contribution in [0.5, 0.6) is 17.2 Å². The smallest absolute Gasteiger partial charge is 0.285 e. The van der Waals surface area contributed by atoms with E-state index in [1.165, 1.54) is 4.90 Å². The highest BCUT2D eigenvalue weighted by molar-refractivity contribution is 8.13. The highest BCUT2D eigenvalue weighted by atomic mass is 32.2. The van der Waals surface area contributed by atoms with Gasteiger partial charge in [0.25, 0.3) is 11.1 Å². The zero-order valence-corrected chi connectivity index (χ0v) is 17.5. The molecule has 0 aliphatic carbocycles. The minimum Gasteiger partial charge on any atom is -0.484 e. The fourth-order valence-corrected chi connectivity index (χ4v) is 3.03. The van der Waals surface area contributed by atoms with Crippen molar-refractivity contribution >= 4 is 28.6 Å². The first-order chi connectivity index (χ1) is 14.5. The van der Waals surface area contributed by atoms with Crippen LogP contribution >= 0.6 is 11.8 Å². The third-order valence-electron chi connectivity index (χ3n) is 3.88. The van der Waals surface area contributed by atoms with Crippen LogP contribution in [0.15, 0.2) is 83.8 Å². The summed E-state index contributed by atoms with van der Waals surface area (Å²) < 4.78 is 11.3. The first-order valence-corrected chi connectivity index (χ1v) is 10.1. The predicted octanol–water partition coefficient (Wildman–Crippen LogP) is 5.27. The lowest BCUT2D eigenvalue weighted by atomic mass is 10.3. The Balaban J connectivity index is 1.45. The largest absolute Gasteiger partial charge is 0.484 e. The van der Waals surface area contributed by atoms with Gasteiger partial charge in [0.2, 0.25) is 0 Å². The lowest BCUT2D eigenvalue weighted by molar-refractivity contribution is -0.118. The third kappa shape index (κ3) is 6.56. The second kappa shape index (κ2) is 10.4. The first kappa shape index (κ1) is 21.3. The fraction of sp³-hybridized carbons (Fsp3) is 0.130. The van der Waals surface area contributed by atoms with Gasteiger partial charge in [-0.05, 0) is 72.4 Å². The molecule has 0 bridgehead atoms. The molecule has 3 rings (SSSR count). The van der Waals surface area contributed by atoms with E-state index in [1.807, 2.05) is 30.3 Å². The molecule has 0 fully saturated rings. The molecule has 7 heteroatoms. The van der Waals surface area contributed by atoms with Crippen LogP contribution in [0.2, 0.25) is 0 Å². The zero-order valence-electron chi connectivity index (χ0n) is 16.7.